The van der Waals surface area contributed by atoms with Gasteiger partial charge >= 0.3 is 0 Å². The molecular formula is C11H12ClN3S. The summed E-state index contributed by atoms with van der Waals surface area (Å²) in [5.74, 6) is 0. The highest BCUT2D eigenvalue weighted by molar-refractivity contribution is 7.19. The molecule has 0 unspecified atom stereocenters. The molecule has 16 heavy (non-hydrogen) atoms. The van der Waals surface area contributed by atoms with Crippen molar-refractivity contribution in [3.8, 4) is 10.6 Å². The summed E-state index contributed by atoms with van der Waals surface area (Å²) in [4.78, 5) is 10.7. The first-order valence-electron chi connectivity index (χ1n) is 4.83. The van der Waals surface area contributed by atoms with Gasteiger partial charge in [0.25, 0.3) is 0 Å². The first-order valence-corrected chi connectivity index (χ1v) is 6.03. The van der Waals surface area contributed by atoms with Crippen LogP contribution in [0.3, 0.4) is 0 Å². The molecule has 0 radical (unpaired) electrons. The molecule has 0 spiro atoms. The molecule has 0 aliphatic rings. The van der Waals surface area contributed by atoms with Crippen molar-refractivity contribution in [3.05, 3.63) is 29.2 Å². The zero-order chi connectivity index (χ0) is 11.7. The van der Waals surface area contributed by atoms with Crippen LogP contribution in [0.25, 0.3) is 10.6 Å². The van der Waals surface area contributed by atoms with Crippen molar-refractivity contribution in [1.82, 2.24) is 9.97 Å². The minimum absolute atomic E-state index is 0.636. The third-order valence-electron chi connectivity index (χ3n) is 2.13. The average molecular weight is 254 g/mol. The topological polar surface area (TPSA) is 29.0 Å². The Balaban J connectivity index is 2.45. The van der Waals surface area contributed by atoms with E-state index in [2.05, 4.69) is 14.9 Å². The van der Waals surface area contributed by atoms with Crippen LogP contribution in [0.4, 0.5) is 5.00 Å². The maximum absolute atomic E-state index is 5.91. The number of rotatable bonds is 2. The molecule has 5 heteroatoms. The van der Waals surface area contributed by atoms with Crippen LogP contribution >= 0.6 is 22.9 Å². The van der Waals surface area contributed by atoms with Crippen molar-refractivity contribution in [2.24, 2.45) is 0 Å². The lowest BCUT2D eigenvalue weighted by Gasteiger charge is -2.08. The molecule has 0 atom stereocenters. The fourth-order valence-electron chi connectivity index (χ4n) is 1.46. The monoisotopic (exact) mass is 253 g/mol. The summed E-state index contributed by atoms with van der Waals surface area (Å²) in [6.07, 6.45) is 3.40. The second-order valence-corrected chi connectivity index (χ2v) is 5.11. The minimum atomic E-state index is 0.636. The van der Waals surface area contributed by atoms with E-state index in [1.807, 2.05) is 27.1 Å². The fourth-order valence-corrected chi connectivity index (χ4v) is 2.60. The van der Waals surface area contributed by atoms with Gasteiger partial charge in [0, 0.05) is 32.1 Å². The Morgan fingerprint density at radius 1 is 1.31 bits per heavy atom. The minimum Gasteiger partial charge on any atom is -0.368 e. The number of hydrogen-bond donors (Lipinski definition) is 0. The number of hydrogen-bond acceptors (Lipinski definition) is 4. The van der Waals surface area contributed by atoms with Crippen LogP contribution in [0.2, 0.25) is 5.02 Å². The summed E-state index contributed by atoms with van der Waals surface area (Å²) in [7, 11) is 4.03. The van der Waals surface area contributed by atoms with Crippen LogP contribution in [0.5, 0.6) is 0 Å². The zero-order valence-corrected chi connectivity index (χ0v) is 10.9. The second-order valence-electron chi connectivity index (χ2n) is 3.70. The number of nitrogens with zero attached hydrogens (tertiary/aromatic N) is 3. The van der Waals surface area contributed by atoms with Gasteiger partial charge in [-0.25, -0.2) is 4.98 Å². The van der Waals surface area contributed by atoms with Crippen LogP contribution in [-0.2, 0) is 0 Å². The van der Waals surface area contributed by atoms with Crippen LogP contribution in [0.15, 0.2) is 18.5 Å². The number of anilines is 1. The Bertz CT molecular complexity index is 508. The molecule has 0 aliphatic carbocycles. The molecule has 0 saturated carbocycles. The second kappa shape index (κ2) is 4.39. The SMILES string of the molecule is Cc1nc(-c2cncc(Cl)c2)sc1N(C)C. The maximum Gasteiger partial charge on any atom is 0.127 e. The van der Waals surface area contributed by atoms with Crippen LogP contribution < -0.4 is 4.90 Å². The molecule has 3 nitrogen and oxygen atoms in total. The third kappa shape index (κ3) is 2.18. The highest BCUT2D eigenvalue weighted by Crippen LogP contribution is 2.33. The van der Waals surface area contributed by atoms with Crippen LogP contribution in [0, 0.1) is 6.92 Å². The predicted molar refractivity (Wildman–Crippen MR) is 69.4 cm³/mol. The molecule has 2 rings (SSSR count). The van der Waals surface area contributed by atoms with Crippen molar-refractivity contribution in [1.29, 1.82) is 0 Å². The molecular weight excluding hydrogens is 242 g/mol. The smallest absolute Gasteiger partial charge is 0.127 e. The van der Waals surface area contributed by atoms with Gasteiger partial charge in [-0.05, 0) is 13.0 Å². The third-order valence-corrected chi connectivity index (χ3v) is 3.71. The van der Waals surface area contributed by atoms with Gasteiger partial charge in [-0.15, -0.1) is 0 Å². The fraction of sp³-hybridized carbons (Fsp3) is 0.273. The summed E-state index contributed by atoms with van der Waals surface area (Å²) >= 11 is 7.55. The van der Waals surface area contributed by atoms with Gasteiger partial charge in [0.2, 0.25) is 0 Å². The van der Waals surface area contributed by atoms with E-state index in [4.69, 9.17) is 11.6 Å². The Morgan fingerprint density at radius 3 is 2.62 bits per heavy atom. The quantitative estimate of drug-likeness (QED) is 0.823. The van der Waals surface area contributed by atoms with Crippen molar-refractivity contribution in [3.63, 3.8) is 0 Å². The molecule has 0 amide bonds. The van der Waals surface area contributed by atoms with Gasteiger partial charge in [-0.3, -0.25) is 4.98 Å². The Kier molecular flexibility index (Phi) is 3.12. The molecule has 0 aromatic carbocycles. The van der Waals surface area contributed by atoms with Gasteiger partial charge in [0.15, 0.2) is 0 Å². The molecule has 0 saturated heterocycles. The van der Waals surface area contributed by atoms with E-state index >= 15 is 0 Å². The van der Waals surface area contributed by atoms with E-state index in [0.717, 1.165) is 21.3 Å². The lowest BCUT2D eigenvalue weighted by molar-refractivity contribution is 1.12. The average Bonchev–Trinajstić information content (AvgIpc) is 2.60. The van der Waals surface area contributed by atoms with Crippen LogP contribution in [0.1, 0.15) is 5.69 Å². The van der Waals surface area contributed by atoms with Crippen molar-refractivity contribution < 1.29 is 0 Å². The number of thiazole rings is 1. The molecule has 0 N–H and O–H groups in total. The first kappa shape index (κ1) is 11.4. The Labute approximate surface area is 104 Å². The Morgan fingerprint density at radius 2 is 2.06 bits per heavy atom. The molecule has 2 aromatic rings. The van der Waals surface area contributed by atoms with Crippen LogP contribution in [-0.4, -0.2) is 24.1 Å². The standard InChI is InChI=1S/C11H12ClN3S/c1-7-11(15(2)3)16-10(14-7)8-4-9(12)6-13-5-8/h4-6H,1-3H3. The van der Waals surface area contributed by atoms with Gasteiger partial charge in [0.05, 0.1) is 10.7 Å². The summed E-state index contributed by atoms with van der Waals surface area (Å²) in [5.41, 5.74) is 2.00. The van der Waals surface area contributed by atoms with Gasteiger partial charge in [0.1, 0.15) is 10.0 Å². The summed E-state index contributed by atoms with van der Waals surface area (Å²) < 4.78 is 0. The maximum atomic E-state index is 5.91. The predicted octanol–water partition coefficient (Wildman–Crippen LogP) is 3.23. The highest BCUT2D eigenvalue weighted by Gasteiger charge is 2.11. The molecule has 0 bridgehead atoms. The molecule has 84 valence electrons. The number of halogens is 1. The lowest BCUT2D eigenvalue weighted by atomic mass is 10.3. The number of pyridine rings is 1. The Hall–Kier alpha value is -1.13. The first-order chi connectivity index (χ1) is 7.58. The van der Waals surface area contributed by atoms with E-state index in [9.17, 15) is 0 Å². The van der Waals surface area contributed by atoms with Gasteiger partial charge in [-0.1, -0.05) is 22.9 Å². The molecule has 2 aromatic heterocycles. The lowest BCUT2D eigenvalue weighted by Crippen LogP contribution is -2.07. The summed E-state index contributed by atoms with van der Waals surface area (Å²) in [6, 6.07) is 1.88. The van der Waals surface area contributed by atoms with E-state index in [1.165, 1.54) is 0 Å². The van der Waals surface area contributed by atoms with Gasteiger partial charge < -0.3 is 4.90 Å². The van der Waals surface area contributed by atoms with Gasteiger partial charge in [-0.2, -0.15) is 0 Å². The van der Waals surface area contributed by atoms with E-state index < -0.39 is 0 Å². The van der Waals surface area contributed by atoms with E-state index in [-0.39, 0.29) is 0 Å². The summed E-state index contributed by atoms with van der Waals surface area (Å²) in [6.45, 7) is 2.01. The molecule has 0 aliphatic heterocycles. The number of aryl methyl sites for hydroxylation is 1. The largest absolute Gasteiger partial charge is 0.368 e. The number of aromatic nitrogens is 2. The van der Waals surface area contributed by atoms with Crippen molar-refractivity contribution in [2.75, 3.05) is 19.0 Å². The molecule has 0 fully saturated rings. The van der Waals surface area contributed by atoms with E-state index in [0.29, 0.717) is 5.02 Å². The van der Waals surface area contributed by atoms with Crippen molar-refractivity contribution >= 4 is 27.9 Å². The summed E-state index contributed by atoms with van der Waals surface area (Å²) in [5, 5.41) is 2.75. The normalized spacial score (nSPS) is 10.5. The highest BCUT2D eigenvalue weighted by atomic mass is 35.5. The van der Waals surface area contributed by atoms with E-state index in [1.54, 1.807) is 23.7 Å². The molecule has 2 heterocycles. The zero-order valence-electron chi connectivity index (χ0n) is 9.36. The van der Waals surface area contributed by atoms with Crippen molar-refractivity contribution in [2.45, 2.75) is 6.92 Å².